The first kappa shape index (κ1) is 16.5. The van der Waals surface area contributed by atoms with Gasteiger partial charge in [-0.15, -0.1) is 0 Å². The van der Waals surface area contributed by atoms with Crippen molar-refractivity contribution < 1.29 is 17.7 Å². The van der Waals surface area contributed by atoms with Crippen LogP contribution in [-0.4, -0.2) is 37.9 Å². The number of sulfonamides is 1. The number of carbonyl (C=O) groups excluding carboxylic acids is 1. The molecule has 1 aromatic carbocycles. The molecule has 0 unspecified atom stereocenters. The van der Waals surface area contributed by atoms with Crippen LogP contribution < -0.4 is 5.32 Å². The molecule has 0 aliphatic carbocycles. The second-order valence-electron chi connectivity index (χ2n) is 4.71. The molecule has 0 fully saturated rings. The zero-order valence-corrected chi connectivity index (χ0v) is 13.7. The first-order chi connectivity index (χ1) is 10.2. The molecule has 0 radical (unpaired) electrons. The average molecular weight is 344 g/mol. The van der Waals surface area contributed by atoms with Gasteiger partial charge in [-0.1, -0.05) is 16.8 Å². The van der Waals surface area contributed by atoms with Gasteiger partial charge < -0.3 is 9.84 Å². The number of halogens is 1. The molecule has 1 amide bonds. The minimum Gasteiger partial charge on any atom is -0.360 e. The Kier molecular flexibility index (Phi) is 4.55. The molecule has 118 valence electrons. The zero-order valence-electron chi connectivity index (χ0n) is 12.1. The number of benzene rings is 1. The number of hydrogen-bond donors (Lipinski definition) is 1. The highest BCUT2D eigenvalue weighted by molar-refractivity contribution is 7.89. The summed E-state index contributed by atoms with van der Waals surface area (Å²) >= 11 is 5.98. The molecule has 22 heavy (non-hydrogen) atoms. The lowest BCUT2D eigenvalue weighted by atomic mass is 10.2. The third kappa shape index (κ3) is 3.29. The van der Waals surface area contributed by atoms with Crippen molar-refractivity contribution in [3.63, 3.8) is 0 Å². The van der Waals surface area contributed by atoms with Gasteiger partial charge in [-0.05, 0) is 25.1 Å². The Labute approximate surface area is 132 Å². The van der Waals surface area contributed by atoms with E-state index in [1.165, 1.54) is 38.4 Å². The van der Waals surface area contributed by atoms with Crippen molar-refractivity contribution in [2.75, 3.05) is 19.4 Å². The van der Waals surface area contributed by atoms with E-state index in [2.05, 4.69) is 10.5 Å². The van der Waals surface area contributed by atoms with E-state index in [0.29, 0.717) is 5.76 Å². The van der Waals surface area contributed by atoms with Gasteiger partial charge in [-0.2, -0.15) is 0 Å². The van der Waals surface area contributed by atoms with Gasteiger partial charge in [0.2, 0.25) is 10.0 Å². The van der Waals surface area contributed by atoms with Crippen LogP contribution in [0, 0.1) is 6.92 Å². The maximum atomic E-state index is 12.2. The van der Waals surface area contributed by atoms with Crippen LogP contribution in [0.15, 0.2) is 33.7 Å². The fourth-order valence-electron chi connectivity index (χ4n) is 1.66. The van der Waals surface area contributed by atoms with Crippen molar-refractivity contribution in [3.8, 4) is 0 Å². The summed E-state index contributed by atoms with van der Waals surface area (Å²) in [4.78, 5) is 12.2. The highest BCUT2D eigenvalue weighted by Gasteiger charge is 2.21. The first-order valence-electron chi connectivity index (χ1n) is 6.18. The molecule has 0 saturated carbocycles. The Morgan fingerprint density at radius 2 is 2.00 bits per heavy atom. The van der Waals surface area contributed by atoms with Crippen LogP contribution in [0.4, 0.5) is 5.82 Å². The Balaban J connectivity index is 2.36. The number of aromatic nitrogens is 1. The van der Waals surface area contributed by atoms with Crippen molar-refractivity contribution in [2.45, 2.75) is 11.8 Å². The number of hydrogen-bond acceptors (Lipinski definition) is 5. The molecule has 2 rings (SSSR count). The molecule has 0 atom stereocenters. The first-order valence-corrected chi connectivity index (χ1v) is 8.00. The number of rotatable bonds is 4. The maximum Gasteiger partial charge on any atom is 0.258 e. The van der Waals surface area contributed by atoms with Crippen molar-refractivity contribution in [2.24, 2.45) is 0 Å². The summed E-state index contributed by atoms with van der Waals surface area (Å²) in [7, 11) is -0.849. The van der Waals surface area contributed by atoms with Gasteiger partial charge >= 0.3 is 0 Å². The zero-order chi connectivity index (χ0) is 16.5. The second kappa shape index (κ2) is 6.07. The van der Waals surface area contributed by atoms with Crippen molar-refractivity contribution in [1.82, 2.24) is 9.46 Å². The van der Waals surface area contributed by atoms with E-state index in [-0.39, 0.29) is 21.3 Å². The maximum absolute atomic E-state index is 12.2. The average Bonchev–Trinajstić information content (AvgIpc) is 2.84. The monoisotopic (exact) mass is 343 g/mol. The lowest BCUT2D eigenvalue weighted by Crippen LogP contribution is -2.23. The van der Waals surface area contributed by atoms with Gasteiger partial charge in [0.05, 0.1) is 15.5 Å². The Hall–Kier alpha value is -1.90. The number of nitrogens with one attached hydrogen (secondary N) is 1. The van der Waals surface area contributed by atoms with E-state index >= 15 is 0 Å². The SMILES string of the molecule is Cc1cc(NC(=O)c2cc(S(=O)(=O)N(C)C)ccc2Cl)no1. The summed E-state index contributed by atoms with van der Waals surface area (Å²) in [6.07, 6.45) is 0. The van der Waals surface area contributed by atoms with Gasteiger partial charge in [0.25, 0.3) is 5.91 Å². The van der Waals surface area contributed by atoms with Gasteiger partial charge in [0.1, 0.15) is 5.76 Å². The van der Waals surface area contributed by atoms with E-state index in [0.717, 1.165) is 4.31 Å². The molecule has 0 aliphatic rings. The number of aryl methyl sites for hydroxylation is 1. The van der Waals surface area contributed by atoms with Gasteiger partial charge in [-0.3, -0.25) is 4.79 Å². The van der Waals surface area contributed by atoms with E-state index in [1.807, 2.05) is 0 Å². The van der Waals surface area contributed by atoms with Crippen LogP contribution in [0.3, 0.4) is 0 Å². The molecule has 0 spiro atoms. The van der Waals surface area contributed by atoms with Gasteiger partial charge in [0, 0.05) is 20.2 Å². The lowest BCUT2D eigenvalue weighted by Gasteiger charge is -2.12. The molecular weight excluding hydrogens is 330 g/mol. The topological polar surface area (TPSA) is 92.5 Å². The molecule has 0 aliphatic heterocycles. The standard InChI is InChI=1S/C13H14ClN3O4S/c1-8-6-12(16-21-8)15-13(18)10-7-9(4-5-11(10)14)22(19,20)17(2)3/h4-7H,1-3H3,(H,15,16,18). The molecule has 2 aromatic rings. The fraction of sp³-hybridized carbons (Fsp3) is 0.231. The molecule has 9 heteroatoms. The molecule has 0 bridgehead atoms. The molecular formula is C13H14ClN3O4S. The van der Waals surface area contributed by atoms with Gasteiger partial charge in [0.15, 0.2) is 5.82 Å². The minimum absolute atomic E-state index is 0.0246. The fourth-order valence-corrected chi connectivity index (χ4v) is 2.79. The van der Waals surface area contributed by atoms with Crippen LogP contribution in [0.2, 0.25) is 5.02 Å². The van der Waals surface area contributed by atoms with Crippen molar-refractivity contribution in [3.05, 3.63) is 40.6 Å². The van der Waals surface area contributed by atoms with E-state index < -0.39 is 15.9 Å². The second-order valence-corrected chi connectivity index (χ2v) is 7.27. The van der Waals surface area contributed by atoms with Crippen LogP contribution >= 0.6 is 11.6 Å². The molecule has 0 saturated heterocycles. The number of anilines is 1. The van der Waals surface area contributed by atoms with E-state index in [4.69, 9.17) is 16.1 Å². The van der Waals surface area contributed by atoms with Crippen molar-refractivity contribution >= 4 is 33.3 Å². The molecule has 1 heterocycles. The summed E-state index contributed by atoms with van der Waals surface area (Å²) in [5, 5.41) is 6.26. The minimum atomic E-state index is -3.66. The van der Waals surface area contributed by atoms with Gasteiger partial charge in [-0.25, -0.2) is 12.7 Å². The summed E-state index contributed by atoms with van der Waals surface area (Å²) < 4.78 is 30.1. The normalized spacial score (nSPS) is 11.7. The number of carbonyl (C=O) groups is 1. The summed E-state index contributed by atoms with van der Waals surface area (Å²) in [6.45, 7) is 1.68. The summed E-state index contributed by atoms with van der Waals surface area (Å²) in [6, 6.07) is 5.46. The third-order valence-electron chi connectivity index (χ3n) is 2.83. The third-order valence-corrected chi connectivity index (χ3v) is 4.97. The highest BCUT2D eigenvalue weighted by atomic mass is 35.5. The molecule has 1 aromatic heterocycles. The van der Waals surface area contributed by atoms with Crippen LogP contribution in [0.5, 0.6) is 0 Å². The molecule has 7 nitrogen and oxygen atoms in total. The number of amides is 1. The smallest absolute Gasteiger partial charge is 0.258 e. The van der Waals surface area contributed by atoms with Crippen LogP contribution in [-0.2, 0) is 10.0 Å². The largest absolute Gasteiger partial charge is 0.360 e. The predicted molar refractivity (Wildman–Crippen MR) is 81.5 cm³/mol. The Morgan fingerprint density at radius 1 is 1.32 bits per heavy atom. The summed E-state index contributed by atoms with van der Waals surface area (Å²) in [5.41, 5.74) is 0.0326. The van der Waals surface area contributed by atoms with Crippen LogP contribution in [0.1, 0.15) is 16.1 Å². The van der Waals surface area contributed by atoms with E-state index in [1.54, 1.807) is 6.92 Å². The van der Waals surface area contributed by atoms with Crippen LogP contribution in [0.25, 0.3) is 0 Å². The summed E-state index contributed by atoms with van der Waals surface area (Å²) in [5.74, 6) is 0.180. The lowest BCUT2D eigenvalue weighted by molar-refractivity contribution is 0.102. The molecule has 1 N–H and O–H groups in total. The quantitative estimate of drug-likeness (QED) is 0.918. The van der Waals surface area contributed by atoms with E-state index in [9.17, 15) is 13.2 Å². The highest BCUT2D eigenvalue weighted by Crippen LogP contribution is 2.23. The predicted octanol–water partition coefficient (Wildman–Crippen LogP) is 2.14. The Bertz CT molecular complexity index is 814. The Morgan fingerprint density at radius 3 is 2.55 bits per heavy atom. The van der Waals surface area contributed by atoms with Crippen molar-refractivity contribution in [1.29, 1.82) is 0 Å². The number of nitrogens with zero attached hydrogens (tertiary/aromatic N) is 2.